The van der Waals surface area contributed by atoms with Crippen LogP contribution in [0.3, 0.4) is 0 Å². The molecule has 0 atom stereocenters. The van der Waals surface area contributed by atoms with Gasteiger partial charge in [-0.15, -0.1) is 0 Å². The van der Waals surface area contributed by atoms with Crippen molar-refractivity contribution < 1.29 is 5.11 Å². The van der Waals surface area contributed by atoms with Crippen LogP contribution in [0, 0.1) is 0 Å². The highest BCUT2D eigenvalue weighted by molar-refractivity contribution is 5.58. The van der Waals surface area contributed by atoms with Crippen LogP contribution in [0.5, 0.6) is 5.75 Å². The van der Waals surface area contributed by atoms with E-state index < -0.39 is 0 Å². The largest absolute Gasteiger partial charge is 0.508 e. The van der Waals surface area contributed by atoms with E-state index in [1.165, 1.54) is 0 Å². The second-order valence-electron chi connectivity index (χ2n) is 5.13. The van der Waals surface area contributed by atoms with Gasteiger partial charge in [0.1, 0.15) is 11.6 Å². The lowest BCUT2D eigenvalue weighted by Crippen LogP contribution is -2.06. The van der Waals surface area contributed by atoms with Crippen molar-refractivity contribution in [2.24, 2.45) is 0 Å². The summed E-state index contributed by atoms with van der Waals surface area (Å²) in [7, 11) is 0. The zero-order chi connectivity index (χ0) is 14.5. The van der Waals surface area contributed by atoms with Gasteiger partial charge in [0.2, 0.25) is 0 Å². The van der Waals surface area contributed by atoms with Crippen LogP contribution in [0.2, 0.25) is 0 Å². The Morgan fingerprint density at radius 3 is 2.45 bits per heavy atom. The van der Waals surface area contributed by atoms with Crippen LogP contribution < -0.4 is 5.32 Å². The average Bonchev–Trinajstić information content (AvgIpc) is 2.45. The van der Waals surface area contributed by atoms with Crippen LogP contribution in [0.4, 0.5) is 5.82 Å². The third-order valence-corrected chi connectivity index (χ3v) is 3.02. The smallest absolute Gasteiger partial charge is 0.161 e. The number of benzene rings is 1. The van der Waals surface area contributed by atoms with Gasteiger partial charge >= 0.3 is 0 Å². The minimum Gasteiger partial charge on any atom is -0.508 e. The molecule has 0 aliphatic rings. The fourth-order valence-electron chi connectivity index (χ4n) is 1.85. The Morgan fingerprint density at radius 2 is 1.85 bits per heavy atom. The van der Waals surface area contributed by atoms with E-state index in [1.807, 2.05) is 18.2 Å². The van der Waals surface area contributed by atoms with Gasteiger partial charge in [-0.05, 0) is 36.6 Å². The maximum absolute atomic E-state index is 9.36. The minimum atomic E-state index is 0.248. The standard InChI is InChI=1S/C16H21N3O/c1-4-9-17-15-10-14(11(2)3)18-16(19-15)12-5-7-13(20)8-6-12/h5-8,10-11,20H,4,9H2,1-3H3,(H,17,18,19). The maximum atomic E-state index is 9.36. The van der Waals surface area contributed by atoms with Gasteiger partial charge in [-0.25, -0.2) is 9.97 Å². The van der Waals surface area contributed by atoms with Crippen LogP contribution in [-0.4, -0.2) is 21.6 Å². The number of nitrogens with one attached hydrogen (secondary N) is 1. The summed E-state index contributed by atoms with van der Waals surface area (Å²) < 4.78 is 0. The molecule has 20 heavy (non-hydrogen) atoms. The van der Waals surface area contributed by atoms with Gasteiger partial charge < -0.3 is 10.4 Å². The van der Waals surface area contributed by atoms with Crippen molar-refractivity contribution in [3.8, 4) is 17.1 Å². The van der Waals surface area contributed by atoms with Crippen LogP contribution in [0.15, 0.2) is 30.3 Å². The van der Waals surface area contributed by atoms with Crippen molar-refractivity contribution in [1.29, 1.82) is 0 Å². The lowest BCUT2D eigenvalue weighted by atomic mass is 10.1. The van der Waals surface area contributed by atoms with Crippen molar-refractivity contribution in [2.45, 2.75) is 33.1 Å². The topological polar surface area (TPSA) is 58.0 Å². The molecule has 0 spiro atoms. The van der Waals surface area contributed by atoms with Crippen LogP contribution in [-0.2, 0) is 0 Å². The van der Waals surface area contributed by atoms with Crippen LogP contribution in [0.25, 0.3) is 11.4 Å². The fraction of sp³-hybridized carbons (Fsp3) is 0.375. The molecule has 0 radical (unpaired) electrons. The normalized spacial score (nSPS) is 10.8. The Balaban J connectivity index is 2.40. The van der Waals surface area contributed by atoms with Crippen molar-refractivity contribution in [1.82, 2.24) is 9.97 Å². The number of phenolic OH excluding ortho intramolecular Hbond substituents is 1. The average molecular weight is 271 g/mol. The highest BCUT2D eigenvalue weighted by atomic mass is 16.3. The molecule has 1 aromatic heterocycles. The van der Waals surface area contributed by atoms with E-state index in [1.54, 1.807) is 12.1 Å². The van der Waals surface area contributed by atoms with Gasteiger partial charge in [0, 0.05) is 23.9 Å². The molecule has 0 saturated heterocycles. The Morgan fingerprint density at radius 1 is 1.15 bits per heavy atom. The molecule has 2 N–H and O–H groups in total. The summed E-state index contributed by atoms with van der Waals surface area (Å²) >= 11 is 0. The number of anilines is 1. The van der Waals surface area contributed by atoms with Gasteiger partial charge in [-0.1, -0.05) is 20.8 Å². The van der Waals surface area contributed by atoms with Crippen molar-refractivity contribution in [3.63, 3.8) is 0 Å². The number of hydrogen-bond acceptors (Lipinski definition) is 4. The Hall–Kier alpha value is -2.10. The molecule has 0 saturated carbocycles. The highest BCUT2D eigenvalue weighted by Crippen LogP contribution is 2.23. The quantitative estimate of drug-likeness (QED) is 0.868. The molecular formula is C16H21N3O. The first-order chi connectivity index (χ1) is 9.60. The molecule has 2 rings (SSSR count). The zero-order valence-corrected chi connectivity index (χ0v) is 12.2. The van der Waals surface area contributed by atoms with Crippen LogP contribution >= 0.6 is 0 Å². The predicted octanol–water partition coefficient (Wildman–Crippen LogP) is 3.79. The summed E-state index contributed by atoms with van der Waals surface area (Å²) in [5.41, 5.74) is 1.92. The van der Waals surface area contributed by atoms with Crippen LogP contribution in [0.1, 0.15) is 38.8 Å². The molecule has 4 nitrogen and oxygen atoms in total. The number of phenols is 1. The molecule has 0 amide bonds. The molecule has 1 aromatic carbocycles. The van der Waals surface area contributed by atoms with E-state index in [0.29, 0.717) is 11.7 Å². The van der Waals surface area contributed by atoms with E-state index in [0.717, 1.165) is 30.0 Å². The first kappa shape index (κ1) is 14.3. The summed E-state index contributed by atoms with van der Waals surface area (Å²) in [5, 5.41) is 12.7. The number of nitrogens with zero attached hydrogens (tertiary/aromatic N) is 2. The third-order valence-electron chi connectivity index (χ3n) is 3.02. The van der Waals surface area contributed by atoms with Gasteiger partial charge in [0.05, 0.1) is 0 Å². The third kappa shape index (κ3) is 3.47. The zero-order valence-electron chi connectivity index (χ0n) is 12.2. The minimum absolute atomic E-state index is 0.248. The molecule has 0 bridgehead atoms. The van der Waals surface area contributed by atoms with E-state index in [9.17, 15) is 5.11 Å². The number of hydrogen-bond donors (Lipinski definition) is 2. The van der Waals surface area contributed by atoms with Gasteiger partial charge in [-0.3, -0.25) is 0 Å². The highest BCUT2D eigenvalue weighted by Gasteiger charge is 2.09. The Kier molecular flexibility index (Phi) is 4.56. The van der Waals surface area contributed by atoms with Crippen molar-refractivity contribution in [2.75, 3.05) is 11.9 Å². The Bertz CT molecular complexity index is 564. The molecule has 106 valence electrons. The molecule has 1 heterocycles. The molecule has 0 aliphatic carbocycles. The lowest BCUT2D eigenvalue weighted by molar-refractivity contribution is 0.475. The first-order valence-corrected chi connectivity index (χ1v) is 7.02. The van der Waals surface area contributed by atoms with E-state index in [-0.39, 0.29) is 5.75 Å². The summed E-state index contributed by atoms with van der Waals surface area (Å²) in [5.74, 6) is 2.14. The molecular weight excluding hydrogens is 250 g/mol. The number of aromatic nitrogens is 2. The Labute approximate surface area is 119 Å². The first-order valence-electron chi connectivity index (χ1n) is 7.02. The van der Waals surface area contributed by atoms with Gasteiger partial charge in [0.25, 0.3) is 0 Å². The van der Waals surface area contributed by atoms with Gasteiger partial charge in [0.15, 0.2) is 5.82 Å². The SMILES string of the molecule is CCCNc1cc(C(C)C)nc(-c2ccc(O)cc2)n1. The lowest BCUT2D eigenvalue weighted by Gasteiger charge is -2.11. The number of rotatable bonds is 5. The molecule has 0 unspecified atom stereocenters. The fourth-order valence-corrected chi connectivity index (χ4v) is 1.85. The van der Waals surface area contributed by atoms with E-state index in [2.05, 4.69) is 36.1 Å². The molecule has 0 aliphatic heterocycles. The van der Waals surface area contributed by atoms with Gasteiger partial charge in [-0.2, -0.15) is 0 Å². The van der Waals surface area contributed by atoms with Crippen molar-refractivity contribution >= 4 is 5.82 Å². The molecule has 4 heteroatoms. The second kappa shape index (κ2) is 6.37. The van der Waals surface area contributed by atoms with E-state index in [4.69, 9.17) is 0 Å². The van der Waals surface area contributed by atoms with E-state index >= 15 is 0 Å². The summed E-state index contributed by atoms with van der Waals surface area (Å²) in [6.45, 7) is 7.25. The van der Waals surface area contributed by atoms with Crippen molar-refractivity contribution in [3.05, 3.63) is 36.0 Å². The predicted molar refractivity (Wildman–Crippen MR) is 82.0 cm³/mol. The number of aromatic hydroxyl groups is 1. The monoisotopic (exact) mass is 271 g/mol. The summed E-state index contributed by atoms with van der Waals surface area (Å²) in [6.07, 6.45) is 1.05. The molecule has 2 aromatic rings. The summed E-state index contributed by atoms with van der Waals surface area (Å²) in [4.78, 5) is 9.16. The molecule has 0 fully saturated rings. The summed E-state index contributed by atoms with van der Waals surface area (Å²) in [6, 6.07) is 8.97. The maximum Gasteiger partial charge on any atom is 0.161 e. The second-order valence-corrected chi connectivity index (χ2v) is 5.13.